The Morgan fingerprint density at radius 3 is 2.60 bits per heavy atom. The van der Waals surface area contributed by atoms with Crippen molar-refractivity contribution in [2.24, 2.45) is 0 Å². The van der Waals surface area contributed by atoms with Gasteiger partial charge in [-0.1, -0.05) is 23.7 Å². The van der Waals surface area contributed by atoms with Crippen molar-refractivity contribution in [2.45, 2.75) is 13.3 Å². The minimum atomic E-state index is -0.753. The fourth-order valence-electron chi connectivity index (χ4n) is 1.76. The van der Waals surface area contributed by atoms with Crippen molar-refractivity contribution in [3.63, 3.8) is 0 Å². The molecule has 0 aromatic heterocycles. The molecule has 0 saturated carbocycles. The highest BCUT2D eigenvalue weighted by Crippen LogP contribution is 2.24. The smallest absolute Gasteiger partial charge is 0.167 e. The van der Waals surface area contributed by atoms with Crippen molar-refractivity contribution in [1.82, 2.24) is 0 Å². The second-order valence-electron chi connectivity index (χ2n) is 4.39. The van der Waals surface area contributed by atoms with Crippen LogP contribution >= 0.6 is 27.5 Å². The third-order valence-electron chi connectivity index (χ3n) is 2.97. The van der Waals surface area contributed by atoms with Crippen molar-refractivity contribution in [2.75, 3.05) is 0 Å². The van der Waals surface area contributed by atoms with Gasteiger partial charge in [0.2, 0.25) is 0 Å². The lowest BCUT2D eigenvalue weighted by molar-refractivity contribution is 0.0990. The first kappa shape index (κ1) is 15.1. The van der Waals surface area contributed by atoms with Crippen LogP contribution in [-0.4, -0.2) is 5.78 Å². The first-order chi connectivity index (χ1) is 9.40. The molecule has 0 radical (unpaired) electrons. The molecule has 0 unspecified atom stereocenters. The van der Waals surface area contributed by atoms with Gasteiger partial charge in [0.15, 0.2) is 5.78 Å². The zero-order chi connectivity index (χ0) is 14.9. The highest BCUT2D eigenvalue weighted by atomic mass is 79.9. The molecule has 104 valence electrons. The summed E-state index contributed by atoms with van der Waals surface area (Å²) in [6.45, 7) is 1.81. The summed E-state index contributed by atoms with van der Waals surface area (Å²) in [6.07, 6.45) is -0.351. The predicted octanol–water partition coefficient (Wildman–Crippen LogP) is 5.11. The highest BCUT2D eigenvalue weighted by molar-refractivity contribution is 9.10. The maximum absolute atomic E-state index is 13.8. The Labute approximate surface area is 128 Å². The maximum Gasteiger partial charge on any atom is 0.167 e. The molecule has 1 nitrogen and oxygen atoms in total. The SMILES string of the molecule is Cc1ccc(C(=O)Cc2c(F)ccc(Br)c2F)cc1Cl. The van der Waals surface area contributed by atoms with Gasteiger partial charge in [0.05, 0.1) is 4.47 Å². The zero-order valence-electron chi connectivity index (χ0n) is 10.5. The molecule has 5 heteroatoms. The van der Waals surface area contributed by atoms with Crippen molar-refractivity contribution >= 4 is 33.3 Å². The Hall–Kier alpha value is -1.26. The second-order valence-corrected chi connectivity index (χ2v) is 5.65. The summed E-state index contributed by atoms with van der Waals surface area (Å²) in [6, 6.07) is 7.19. The summed E-state index contributed by atoms with van der Waals surface area (Å²) in [7, 11) is 0. The Bertz CT molecular complexity index is 686. The largest absolute Gasteiger partial charge is 0.294 e. The second kappa shape index (κ2) is 6.02. The summed E-state index contributed by atoms with van der Waals surface area (Å²) in [4.78, 5) is 12.1. The summed E-state index contributed by atoms with van der Waals surface area (Å²) in [5.41, 5.74) is 0.920. The highest BCUT2D eigenvalue weighted by Gasteiger charge is 2.17. The van der Waals surface area contributed by atoms with Crippen LogP contribution in [0.2, 0.25) is 5.02 Å². The average molecular weight is 360 g/mol. The third kappa shape index (κ3) is 3.07. The molecule has 0 atom stereocenters. The lowest BCUT2D eigenvalue weighted by atomic mass is 10.0. The number of rotatable bonds is 3. The van der Waals surface area contributed by atoms with Gasteiger partial charge in [-0.3, -0.25) is 4.79 Å². The number of carbonyl (C=O) groups excluding carboxylic acids is 1. The van der Waals surface area contributed by atoms with Crippen LogP contribution in [0.5, 0.6) is 0 Å². The minimum absolute atomic E-state index is 0.128. The van der Waals surface area contributed by atoms with Crippen LogP contribution in [0, 0.1) is 18.6 Å². The summed E-state index contributed by atoms with van der Waals surface area (Å²) < 4.78 is 27.6. The van der Waals surface area contributed by atoms with E-state index in [9.17, 15) is 13.6 Å². The summed E-state index contributed by atoms with van der Waals surface area (Å²) >= 11 is 8.91. The van der Waals surface area contributed by atoms with E-state index in [4.69, 9.17) is 11.6 Å². The minimum Gasteiger partial charge on any atom is -0.294 e. The fourth-order valence-corrected chi connectivity index (χ4v) is 2.31. The molecule has 0 heterocycles. The standard InChI is InChI=1S/C15H10BrClF2O/c1-8-2-3-9(6-12(8)17)14(20)7-10-13(18)5-4-11(16)15(10)19/h2-6H,7H2,1H3. The normalized spacial score (nSPS) is 10.7. The van der Waals surface area contributed by atoms with Crippen molar-refractivity contribution in [3.8, 4) is 0 Å². The van der Waals surface area contributed by atoms with Crippen LogP contribution in [0.25, 0.3) is 0 Å². The Morgan fingerprint density at radius 1 is 1.25 bits per heavy atom. The van der Waals surface area contributed by atoms with Gasteiger partial charge in [-0.25, -0.2) is 8.78 Å². The molecule has 0 aliphatic rings. The molecule has 2 rings (SSSR count). The predicted molar refractivity (Wildman–Crippen MR) is 78.3 cm³/mol. The van der Waals surface area contributed by atoms with Crippen LogP contribution < -0.4 is 0 Å². The molecule has 2 aromatic carbocycles. The van der Waals surface area contributed by atoms with E-state index in [1.54, 1.807) is 12.1 Å². The van der Waals surface area contributed by atoms with E-state index in [1.807, 2.05) is 6.92 Å². The molecule has 0 aliphatic heterocycles. The fraction of sp³-hybridized carbons (Fsp3) is 0.133. The molecular formula is C15H10BrClF2O. The topological polar surface area (TPSA) is 17.1 Å². The number of ketones is 1. The van der Waals surface area contributed by atoms with E-state index in [0.29, 0.717) is 10.6 Å². The molecule has 0 N–H and O–H groups in total. The molecule has 0 fully saturated rings. The zero-order valence-corrected chi connectivity index (χ0v) is 12.9. The van der Waals surface area contributed by atoms with Crippen LogP contribution in [-0.2, 0) is 6.42 Å². The van der Waals surface area contributed by atoms with Gasteiger partial charge >= 0.3 is 0 Å². The van der Waals surface area contributed by atoms with E-state index in [-0.39, 0.29) is 22.2 Å². The van der Waals surface area contributed by atoms with E-state index >= 15 is 0 Å². The van der Waals surface area contributed by atoms with Gasteiger partial charge in [0.25, 0.3) is 0 Å². The maximum atomic E-state index is 13.8. The number of hydrogen-bond donors (Lipinski definition) is 0. The third-order valence-corrected chi connectivity index (χ3v) is 3.99. The molecular weight excluding hydrogens is 350 g/mol. The quantitative estimate of drug-likeness (QED) is 0.549. The van der Waals surface area contributed by atoms with Gasteiger partial charge in [-0.05, 0) is 46.6 Å². The van der Waals surface area contributed by atoms with Crippen molar-refractivity contribution < 1.29 is 13.6 Å². The van der Waals surface area contributed by atoms with Crippen LogP contribution in [0.3, 0.4) is 0 Å². The monoisotopic (exact) mass is 358 g/mol. The van der Waals surface area contributed by atoms with Crippen LogP contribution in [0.4, 0.5) is 8.78 Å². The number of halogens is 4. The molecule has 0 spiro atoms. The van der Waals surface area contributed by atoms with Gasteiger partial charge < -0.3 is 0 Å². The van der Waals surface area contributed by atoms with E-state index < -0.39 is 11.6 Å². The van der Waals surface area contributed by atoms with E-state index in [2.05, 4.69) is 15.9 Å². The lowest BCUT2D eigenvalue weighted by Crippen LogP contribution is -2.08. The Morgan fingerprint density at radius 2 is 1.95 bits per heavy atom. The molecule has 2 aromatic rings. The number of carbonyl (C=O) groups is 1. The molecule has 0 amide bonds. The Kier molecular flexibility index (Phi) is 4.55. The number of aryl methyl sites for hydroxylation is 1. The first-order valence-electron chi connectivity index (χ1n) is 5.82. The molecule has 0 bridgehead atoms. The number of hydrogen-bond acceptors (Lipinski definition) is 1. The van der Waals surface area contributed by atoms with Gasteiger partial charge in [-0.15, -0.1) is 0 Å². The van der Waals surface area contributed by atoms with Crippen LogP contribution in [0.1, 0.15) is 21.5 Å². The van der Waals surface area contributed by atoms with Crippen molar-refractivity contribution in [1.29, 1.82) is 0 Å². The molecule has 0 aliphatic carbocycles. The first-order valence-corrected chi connectivity index (χ1v) is 6.99. The Balaban J connectivity index is 2.32. The lowest BCUT2D eigenvalue weighted by Gasteiger charge is -2.07. The average Bonchev–Trinajstić information content (AvgIpc) is 2.42. The van der Waals surface area contributed by atoms with Gasteiger partial charge in [0, 0.05) is 22.6 Å². The van der Waals surface area contributed by atoms with E-state index in [0.717, 1.165) is 11.6 Å². The van der Waals surface area contributed by atoms with Gasteiger partial charge in [0.1, 0.15) is 11.6 Å². The summed E-state index contributed by atoms with van der Waals surface area (Å²) in [5, 5.41) is 0.450. The molecule has 20 heavy (non-hydrogen) atoms. The van der Waals surface area contributed by atoms with Crippen molar-refractivity contribution in [3.05, 3.63) is 68.2 Å². The van der Waals surface area contributed by atoms with Gasteiger partial charge in [-0.2, -0.15) is 0 Å². The van der Waals surface area contributed by atoms with E-state index in [1.165, 1.54) is 12.1 Å². The van der Waals surface area contributed by atoms with Crippen LogP contribution in [0.15, 0.2) is 34.8 Å². The molecule has 0 saturated heterocycles. The number of Topliss-reactive ketones (excluding diaryl/α,β-unsaturated/α-hetero) is 1. The number of benzene rings is 2. The summed E-state index contributed by atoms with van der Waals surface area (Å²) in [5.74, 6) is -1.88.